The molecule has 1 N–H and O–H groups in total. The molecule has 1 saturated heterocycles. The lowest BCUT2D eigenvalue weighted by Crippen LogP contribution is -2.46. The third-order valence-electron chi connectivity index (χ3n) is 5.69. The molecule has 160 valence electrons. The Kier molecular flexibility index (Phi) is 5.86. The lowest BCUT2D eigenvalue weighted by molar-refractivity contribution is 0.0612. The predicted octanol–water partition coefficient (Wildman–Crippen LogP) is 3.73. The van der Waals surface area contributed by atoms with E-state index in [2.05, 4.69) is 34.1 Å². The van der Waals surface area contributed by atoms with Crippen LogP contribution in [-0.2, 0) is 0 Å². The Morgan fingerprint density at radius 1 is 1.10 bits per heavy atom. The summed E-state index contributed by atoms with van der Waals surface area (Å²) in [6.07, 6.45) is 1.15. The Bertz CT molecular complexity index is 890. The van der Waals surface area contributed by atoms with Crippen molar-refractivity contribution in [2.24, 2.45) is 0 Å². The summed E-state index contributed by atoms with van der Waals surface area (Å²) in [5, 5.41) is 10.3. The lowest BCUT2D eigenvalue weighted by atomic mass is 9.92. The number of ether oxygens (including phenoxy) is 2. The third kappa shape index (κ3) is 4.70. The molecule has 0 bridgehead atoms. The van der Waals surface area contributed by atoms with Gasteiger partial charge in [0, 0.05) is 50.5 Å². The monoisotopic (exact) mass is 410 g/mol. The highest BCUT2D eigenvalue weighted by Crippen LogP contribution is 2.40. The van der Waals surface area contributed by atoms with Gasteiger partial charge in [-0.3, -0.25) is 9.69 Å². The highest BCUT2D eigenvalue weighted by molar-refractivity contribution is 6.03. The Morgan fingerprint density at radius 2 is 1.83 bits per heavy atom. The molecule has 0 radical (unpaired) electrons. The van der Waals surface area contributed by atoms with E-state index in [0.29, 0.717) is 18.1 Å². The molecule has 0 unspecified atom stereocenters. The van der Waals surface area contributed by atoms with E-state index < -0.39 is 5.60 Å². The fraction of sp³-hybridized carbons (Fsp3) is 0.458. The molecular formula is C24H30N2O4. The smallest absolute Gasteiger partial charge is 0.174 e. The molecule has 1 fully saturated rings. The van der Waals surface area contributed by atoms with E-state index in [1.165, 1.54) is 11.8 Å². The van der Waals surface area contributed by atoms with Crippen molar-refractivity contribution in [2.75, 3.05) is 44.2 Å². The van der Waals surface area contributed by atoms with Crippen LogP contribution in [0.5, 0.6) is 17.2 Å². The quantitative estimate of drug-likeness (QED) is 0.733. The van der Waals surface area contributed by atoms with E-state index in [1.807, 2.05) is 19.9 Å². The number of ketones is 1. The third-order valence-corrected chi connectivity index (χ3v) is 5.69. The van der Waals surface area contributed by atoms with Gasteiger partial charge in [0.1, 0.15) is 28.4 Å². The predicted molar refractivity (Wildman–Crippen MR) is 117 cm³/mol. The van der Waals surface area contributed by atoms with Gasteiger partial charge in [0.25, 0.3) is 0 Å². The number of hydrogen-bond donors (Lipinski definition) is 1. The van der Waals surface area contributed by atoms with Crippen molar-refractivity contribution < 1.29 is 19.4 Å². The van der Waals surface area contributed by atoms with Crippen LogP contribution in [0.25, 0.3) is 0 Å². The van der Waals surface area contributed by atoms with E-state index in [1.54, 1.807) is 6.07 Å². The van der Waals surface area contributed by atoms with Crippen LogP contribution in [0.1, 0.15) is 37.0 Å². The summed E-state index contributed by atoms with van der Waals surface area (Å²) in [4.78, 5) is 17.2. The van der Waals surface area contributed by atoms with Gasteiger partial charge >= 0.3 is 0 Å². The minimum absolute atomic E-state index is 0.0694. The molecule has 4 rings (SSSR count). The van der Waals surface area contributed by atoms with Crippen LogP contribution in [0.4, 0.5) is 5.69 Å². The molecule has 0 aromatic heterocycles. The highest BCUT2D eigenvalue weighted by atomic mass is 16.5. The SMILES string of the molecule is CC1(C)CC(=O)c2c(O)cc(OCCCN3CCN(c4ccccc4)CC3)cc2O1. The molecule has 2 aliphatic rings. The van der Waals surface area contributed by atoms with Gasteiger partial charge in [-0.15, -0.1) is 0 Å². The summed E-state index contributed by atoms with van der Waals surface area (Å²) in [6.45, 7) is 9.41. The van der Waals surface area contributed by atoms with Gasteiger partial charge in [-0.25, -0.2) is 0 Å². The van der Waals surface area contributed by atoms with Crippen molar-refractivity contribution in [3.63, 3.8) is 0 Å². The van der Waals surface area contributed by atoms with E-state index in [0.717, 1.165) is 39.1 Å². The molecule has 2 aliphatic heterocycles. The fourth-order valence-electron chi connectivity index (χ4n) is 4.18. The van der Waals surface area contributed by atoms with Crippen molar-refractivity contribution in [2.45, 2.75) is 32.3 Å². The van der Waals surface area contributed by atoms with Crippen LogP contribution in [0, 0.1) is 0 Å². The van der Waals surface area contributed by atoms with Crippen LogP contribution < -0.4 is 14.4 Å². The van der Waals surface area contributed by atoms with Gasteiger partial charge in [-0.2, -0.15) is 0 Å². The van der Waals surface area contributed by atoms with Crippen LogP contribution in [0.3, 0.4) is 0 Å². The Labute approximate surface area is 178 Å². The van der Waals surface area contributed by atoms with Crippen molar-refractivity contribution in [1.29, 1.82) is 0 Å². The molecular weight excluding hydrogens is 380 g/mol. The average Bonchev–Trinajstić information content (AvgIpc) is 2.71. The molecule has 0 aliphatic carbocycles. The maximum atomic E-state index is 12.3. The number of hydrogen-bond acceptors (Lipinski definition) is 6. The summed E-state index contributed by atoms with van der Waals surface area (Å²) in [5.74, 6) is 0.772. The molecule has 0 atom stereocenters. The standard InChI is InChI=1S/C24H30N2O4/c1-24(2)17-21(28)23-20(27)15-19(16-22(23)30-24)29-14-6-9-25-10-12-26(13-11-25)18-7-4-3-5-8-18/h3-5,7-8,15-16,27H,6,9-14,17H2,1-2H3. The second-order valence-corrected chi connectivity index (χ2v) is 8.64. The minimum Gasteiger partial charge on any atom is -0.507 e. The molecule has 0 amide bonds. The molecule has 2 aromatic carbocycles. The Balaban J connectivity index is 1.25. The number of carbonyl (C=O) groups excluding carboxylic acids is 1. The van der Waals surface area contributed by atoms with Gasteiger partial charge in [0.2, 0.25) is 0 Å². The van der Waals surface area contributed by atoms with Gasteiger partial charge in [-0.1, -0.05) is 18.2 Å². The highest BCUT2D eigenvalue weighted by Gasteiger charge is 2.34. The number of fused-ring (bicyclic) bond motifs is 1. The number of Topliss-reactive ketones (excluding diaryl/α,β-unsaturated/α-hetero) is 1. The molecule has 2 aromatic rings. The second kappa shape index (κ2) is 8.56. The van der Waals surface area contributed by atoms with Crippen molar-refractivity contribution >= 4 is 11.5 Å². The number of rotatable bonds is 6. The number of piperazine rings is 1. The zero-order valence-electron chi connectivity index (χ0n) is 17.8. The zero-order valence-corrected chi connectivity index (χ0v) is 17.8. The number of anilines is 1. The number of aromatic hydroxyl groups is 1. The molecule has 30 heavy (non-hydrogen) atoms. The number of carbonyl (C=O) groups is 1. The molecule has 6 nitrogen and oxygen atoms in total. The maximum Gasteiger partial charge on any atom is 0.174 e. The lowest BCUT2D eigenvalue weighted by Gasteiger charge is -2.36. The molecule has 6 heteroatoms. The summed E-state index contributed by atoms with van der Waals surface area (Å²) >= 11 is 0. The van der Waals surface area contributed by atoms with Gasteiger partial charge in [-0.05, 0) is 32.4 Å². The van der Waals surface area contributed by atoms with Crippen molar-refractivity contribution in [3.8, 4) is 17.2 Å². The largest absolute Gasteiger partial charge is 0.507 e. The summed E-state index contributed by atoms with van der Waals surface area (Å²) in [7, 11) is 0. The summed E-state index contributed by atoms with van der Waals surface area (Å²) in [5.41, 5.74) is 0.978. The van der Waals surface area contributed by atoms with E-state index in [9.17, 15) is 9.90 Å². The zero-order chi connectivity index (χ0) is 21.1. The number of phenols is 1. The normalized spacial score (nSPS) is 18.6. The fourth-order valence-corrected chi connectivity index (χ4v) is 4.18. The Hall–Kier alpha value is -2.73. The van der Waals surface area contributed by atoms with Gasteiger partial charge in [0.15, 0.2) is 5.78 Å². The van der Waals surface area contributed by atoms with Crippen molar-refractivity contribution in [3.05, 3.63) is 48.0 Å². The second-order valence-electron chi connectivity index (χ2n) is 8.64. The summed E-state index contributed by atoms with van der Waals surface area (Å²) < 4.78 is 11.7. The van der Waals surface area contributed by atoms with E-state index in [4.69, 9.17) is 9.47 Å². The number of phenolic OH excluding ortho intramolecular Hbond substituents is 1. The maximum absolute atomic E-state index is 12.3. The minimum atomic E-state index is -0.572. The van der Waals surface area contributed by atoms with Crippen LogP contribution in [-0.4, -0.2) is 60.7 Å². The van der Waals surface area contributed by atoms with Gasteiger partial charge in [0.05, 0.1) is 13.0 Å². The first kappa shape index (κ1) is 20.5. The van der Waals surface area contributed by atoms with E-state index >= 15 is 0 Å². The van der Waals surface area contributed by atoms with Crippen LogP contribution >= 0.6 is 0 Å². The molecule has 0 spiro atoms. The number of para-hydroxylation sites is 1. The van der Waals surface area contributed by atoms with Crippen LogP contribution in [0.2, 0.25) is 0 Å². The van der Waals surface area contributed by atoms with Crippen molar-refractivity contribution in [1.82, 2.24) is 4.90 Å². The van der Waals surface area contributed by atoms with Gasteiger partial charge < -0.3 is 19.5 Å². The summed E-state index contributed by atoms with van der Waals surface area (Å²) in [6, 6.07) is 13.8. The topological polar surface area (TPSA) is 62.2 Å². The first-order valence-corrected chi connectivity index (χ1v) is 10.7. The van der Waals surface area contributed by atoms with E-state index in [-0.39, 0.29) is 23.5 Å². The first-order chi connectivity index (χ1) is 14.4. The average molecular weight is 411 g/mol. The Morgan fingerprint density at radius 3 is 2.57 bits per heavy atom. The first-order valence-electron chi connectivity index (χ1n) is 10.7. The molecule has 0 saturated carbocycles. The molecule has 2 heterocycles. The number of nitrogens with zero attached hydrogens (tertiary/aromatic N) is 2. The van der Waals surface area contributed by atoms with Crippen LogP contribution in [0.15, 0.2) is 42.5 Å². The number of benzene rings is 2.